The van der Waals surface area contributed by atoms with Crippen molar-refractivity contribution in [1.29, 1.82) is 0 Å². The second-order valence-corrected chi connectivity index (χ2v) is 7.08. The summed E-state index contributed by atoms with van der Waals surface area (Å²) in [6.07, 6.45) is 16.5. The molecule has 1 heterocycles. The van der Waals surface area contributed by atoms with Crippen molar-refractivity contribution in [1.82, 2.24) is 19.8 Å². The molecule has 0 spiro atoms. The van der Waals surface area contributed by atoms with Gasteiger partial charge < -0.3 is 5.32 Å². The van der Waals surface area contributed by atoms with E-state index in [1.165, 1.54) is 62.3 Å². The Kier molecular flexibility index (Phi) is 8.29. The Labute approximate surface area is 146 Å². The number of carbonyl (C=O) groups is 1. The predicted molar refractivity (Wildman–Crippen MR) is 98.2 cm³/mol. The highest BCUT2D eigenvalue weighted by Crippen LogP contribution is 2.25. The molecule has 1 aliphatic rings. The lowest BCUT2D eigenvalue weighted by Gasteiger charge is -2.39. The Bertz CT molecular complexity index is 454. The standard InChI is InChI=1S/C19H34N4O/c1-3-4-9-17(2)23(18-10-6-5-7-11-18)14-8-12-21-19(24)22-15-13-20-16-22/h13,15-18H,3-12,14H2,1-2H3,(H,21,24). The number of nitrogens with zero attached hydrogens (tertiary/aromatic N) is 3. The molecule has 0 radical (unpaired) electrons. The summed E-state index contributed by atoms with van der Waals surface area (Å²) in [7, 11) is 0. The number of hydrogen-bond acceptors (Lipinski definition) is 3. The van der Waals surface area contributed by atoms with Gasteiger partial charge in [-0.1, -0.05) is 39.0 Å². The molecule has 1 aromatic rings. The molecule has 24 heavy (non-hydrogen) atoms. The maximum absolute atomic E-state index is 11.9. The van der Waals surface area contributed by atoms with E-state index in [0.717, 1.165) is 25.6 Å². The van der Waals surface area contributed by atoms with Crippen molar-refractivity contribution in [3.63, 3.8) is 0 Å². The predicted octanol–water partition coefficient (Wildman–Crippen LogP) is 4.04. The third-order valence-electron chi connectivity index (χ3n) is 5.19. The summed E-state index contributed by atoms with van der Waals surface area (Å²) >= 11 is 0. The number of rotatable bonds is 9. The van der Waals surface area contributed by atoms with Crippen molar-refractivity contribution in [2.24, 2.45) is 0 Å². The topological polar surface area (TPSA) is 50.2 Å². The highest BCUT2D eigenvalue weighted by atomic mass is 16.2. The van der Waals surface area contributed by atoms with Gasteiger partial charge in [0.1, 0.15) is 6.33 Å². The number of hydrogen-bond donors (Lipinski definition) is 1. The summed E-state index contributed by atoms with van der Waals surface area (Å²) in [4.78, 5) is 18.6. The van der Waals surface area contributed by atoms with Crippen molar-refractivity contribution in [2.45, 2.75) is 83.7 Å². The Hall–Kier alpha value is -1.36. The van der Waals surface area contributed by atoms with E-state index in [2.05, 4.69) is 29.0 Å². The Morgan fingerprint density at radius 2 is 2.12 bits per heavy atom. The van der Waals surface area contributed by atoms with E-state index >= 15 is 0 Å². The van der Waals surface area contributed by atoms with Crippen LogP contribution in [0, 0.1) is 0 Å². The first kappa shape index (κ1) is 19.0. The molecule has 136 valence electrons. The number of carbonyl (C=O) groups excluding carboxylic acids is 1. The SMILES string of the molecule is CCCCC(C)N(CCCNC(=O)n1ccnc1)C1CCCCC1. The van der Waals surface area contributed by atoms with Crippen molar-refractivity contribution in [2.75, 3.05) is 13.1 Å². The van der Waals surface area contributed by atoms with Crippen molar-refractivity contribution in [3.8, 4) is 0 Å². The fourth-order valence-corrected chi connectivity index (χ4v) is 3.77. The molecular formula is C19H34N4O. The second-order valence-electron chi connectivity index (χ2n) is 7.08. The first-order valence-corrected chi connectivity index (χ1v) is 9.74. The van der Waals surface area contributed by atoms with Gasteiger partial charge in [-0.2, -0.15) is 0 Å². The molecular weight excluding hydrogens is 300 g/mol. The number of imidazole rings is 1. The normalized spacial score (nSPS) is 17.1. The fraction of sp³-hybridized carbons (Fsp3) is 0.789. The minimum atomic E-state index is -0.0873. The van der Waals surface area contributed by atoms with Gasteiger partial charge in [-0.05, 0) is 32.6 Å². The minimum Gasteiger partial charge on any atom is -0.337 e. The number of unbranched alkanes of at least 4 members (excludes halogenated alkanes) is 1. The quantitative estimate of drug-likeness (QED) is 0.693. The summed E-state index contributed by atoms with van der Waals surface area (Å²) in [6.45, 7) is 6.46. The van der Waals surface area contributed by atoms with Gasteiger partial charge >= 0.3 is 6.03 Å². The zero-order valence-electron chi connectivity index (χ0n) is 15.4. The van der Waals surface area contributed by atoms with Crippen LogP contribution in [0.2, 0.25) is 0 Å². The van der Waals surface area contributed by atoms with Gasteiger partial charge in [0, 0.05) is 37.6 Å². The summed E-state index contributed by atoms with van der Waals surface area (Å²) < 4.78 is 1.49. The van der Waals surface area contributed by atoms with Gasteiger partial charge in [-0.3, -0.25) is 9.47 Å². The Morgan fingerprint density at radius 3 is 2.79 bits per heavy atom. The first-order valence-electron chi connectivity index (χ1n) is 9.74. The molecule has 1 unspecified atom stereocenters. The Morgan fingerprint density at radius 1 is 1.33 bits per heavy atom. The minimum absolute atomic E-state index is 0.0873. The maximum Gasteiger partial charge on any atom is 0.326 e. The lowest BCUT2D eigenvalue weighted by atomic mass is 9.92. The molecule has 5 nitrogen and oxygen atoms in total. The maximum atomic E-state index is 11.9. The average Bonchev–Trinajstić information content (AvgIpc) is 3.15. The van der Waals surface area contributed by atoms with E-state index in [1.54, 1.807) is 12.4 Å². The van der Waals surface area contributed by atoms with Gasteiger partial charge in [0.25, 0.3) is 0 Å². The second kappa shape index (κ2) is 10.5. The molecule has 1 aromatic heterocycles. The average molecular weight is 335 g/mol. The molecule has 0 aromatic carbocycles. The van der Waals surface area contributed by atoms with Crippen LogP contribution in [0.3, 0.4) is 0 Å². The van der Waals surface area contributed by atoms with Crippen molar-refractivity contribution in [3.05, 3.63) is 18.7 Å². The lowest BCUT2D eigenvalue weighted by Crippen LogP contribution is -2.44. The van der Waals surface area contributed by atoms with Crippen LogP contribution in [0.25, 0.3) is 0 Å². The summed E-state index contributed by atoms with van der Waals surface area (Å²) in [5.41, 5.74) is 0. The van der Waals surface area contributed by atoms with Crippen LogP contribution in [-0.2, 0) is 0 Å². The number of aromatic nitrogens is 2. The molecule has 0 bridgehead atoms. The molecule has 1 fully saturated rings. The summed E-state index contributed by atoms with van der Waals surface area (Å²) in [5, 5.41) is 2.98. The molecule has 1 amide bonds. The molecule has 0 aliphatic heterocycles. The molecule has 1 aliphatic carbocycles. The first-order chi connectivity index (χ1) is 11.7. The van der Waals surface area contributed by atoms with E-state index < -0.39 is 0 Å². The monoisotopic (exact) mass is 334 g/mol. The molecule has 0 saturated heterocycles. The Balaban J connectivity index is 1.77. The van der Waals surface area contributed by atoms with Crippen LogP contribution < -0.4 is 5.32 Å². The van der Waals surface area contributed by atoms with E-state index in [1.807, 2.05) is 0 Å². The third-order valence-corrected chi connectivity index (χ3v) is 5.19. The van der Waals surface area contributed by atoms with Gasteiger partial charge in [0.05, 0.1) is 0 Å². The summed E-state index contributed by atoms with van der Waals surface area (Å²) in [6, 6.07) is 1.31. The van der Waals surface area contributed by atoms with Crippen LogP contribution in [-0.4, -0.2) is 45.7 Å². The van der Waals surface area contributed by atoms with Crippen LogP contribution in [0.5, 0.6) is 0 Å². The van der Waals surface area contributed by atoms with Crippen LogP contribution in [0.4, 0.5) is 4.79 Å². The molecule has 1 N–H and O–H groups in total. The molecule has 1 saturated carbocycles. The van der Waals surface area contributed by atoms with Gasteiger partial charge in [0.15, 0.2) is 0 Å². The van der Waals surface area contributed by atoms with Crippen molar-refractivity contribution >= 4 is 6.03 Å². The fourth-order valence-electron chi connectivity index (χ4n) is 3.77. The highest BCUT2D eigenvalue weighted by Gasteiger charge is 2.24. The summed E-state index contributed by atoms with van der Waals surface area (Å²) in [5.74, 6) is 0. The van der Waals surface area contributed by atoms with Gasteiger partial charge in [-0.25, -0.2) is 9.78 Å². The van der Waals surface area contributed by atoms with E-state index in [0.29, 0.717) is 6.04 Å². The molecule has 5 heteroatoms. The van der Waals surface area contributed by atoms with Gasteiger partial charge in [-0.15, -0.1) is 0 Å². The third kappa shape index (κ3) is 5.93. The molecule has 2 rings (SSSR count). The lowest BCUT2D eigenvalue weighted by molar-refractivity contribution is 0.104. The number of amides is 1. The zero-order valence-corrected chi connectivity index (χ0v) is 15.4. The zero-order chi connectivity index (χ0) is 17.2. The van der Waals surface area contributed by atoms with E-state index in [-0.39, 0.29) is 6.03 Å². The van der Waals surface area contributed by atoms with Crippen LogP contribution in [0.1, 0.15) is 71.6 Å². The highest BCUT2D eigenvalue weighted by molar-refractivity contribution is 5.76. The largest absolute Gasteiger partial charge is 0.337 e. The van der Waals surface area contributed by atoms with Gasteiger partial charge in [0.2, 0.25) is 0 Å². The van der Waals surface area contributed by atoms with Crippen LogP contribution >= 0.6 is 0 Å². The van der Waals surface area contributed by atoms with E-state index in [9.17, 15) is 4.79 Å². The van der Waals surface area contributed by atoms with Crippen LogP contribution in [0.15, 0.2) is 18.7 Å². The number of nitrogens with one attached hydrogen (secondary N) is 1. The van der Waals surface area contributed by atoms with E-state index in [4.69, 9.17) is 0 Å². The van der Waals surface area contributed by atoms with Crippen molar-refractivity contribution < 1.29 is 4.79 Å². The molecule has 1 atom stereocenters. The smallest absolute Gasteiger partial charge is 0.326 e.